The first-order valence-corrected chi connectivity index (χ1v) is 24.8. The molecule has 354 valence electrons. The number of phenolic OH excluding ortho intramolecular Hbond substituents is 1. The van der Waals surface area contributed by atoms with Crippen molar-refractivity contribution in [1.29, 1.82) is 0 Å². The maximum Gasteiger partial charge on any atom is 0.246 e. The lowest BCUT2D eigenvalue weighted by Gasteiger charge is -2.35. The average Bonchev–Trinajstić information content (AvgIpc) is 4.07. The molecule has 3 heterocycles. The van der Waals surface area contributed by atoms with Crippen LogP contribution in [0.1, 0.15) is 57.8 Å². The zero-order valence-electron chi connectivity index (χ0n) is 38.3. The number of rotatable bonds is 21. The van der Waals surface area contributed by atoms with Crippen LogP contribution in [0.5, 0.6) is 23.0 Å². The Morgan fingerprint density at radius 1 is 0.836 bits per heavy atom. The summed E-state index contributed by atoms with van der Waals surface area (Å²) in [4.78, 5) is 48.6. The van der Waals surface area contributed by atoms with E-state index in [9.17, 15) is 19.5 Å². The van der Waals surface area contributed by atoms with Gasteiger partial charge < -0.3 is 44.3 Å². The minimum Gasteiger partial charge on any atom is -0.508 e. The molecule has 3 N–H and O–H groups in total. The third-order valence-electron chi connectivity index (χ3n) is 11.3. The van der Waals surface area contributed by atoms with Crippen LogP contribution in [0.2, 0.25) is 0 Å². The summed E-state index contributed by atoms with van der Waals surface area (Å²) in [5, 5.41) is 17.0. The largest absolute Gasteiger partial charge is 0.508 e. The van der Waals surface area contributed by atoms with E-state index in [1.54, 1.807) is 39.7 Å². The molecule has 0 spiro atoms. The highest BCUT2D eigenvalue weighted by Crippen LogP contribution is 2.47. The monoisotopic (exact) mass is 1010 g/mol. The van der Waals surface area contributed by atoms with Crippen LogP contribution in [0, 0.1) is 12.3 Å². The molecule has 3 amide bonds. The third-order valence-corrected chi connectivity index (χ3v) is 14.0. The molecule has 2 aromatic heterocycles. The van der Waals surface area contributed by atoms with Crippen LogP contribution in [-0.2, 0) is 28.6 Å². The molecule has 0 bridgehead atoms. The number of carbonyl (C=O) groups excluding carboxylic acids is 3. The molecule has 1 aliphatic heterocycles. The van der Waals surface area contributed by atoms with Gasteiger partial charge in [-0.25, -0.2) is 4.98 Å². The summed E-state index contributed by atoms with van der Waals surface area (Å²) >= 11 is 6.66. The number of thiazole rings is 1. The Kier molecular flexibility index (Phi) is 17.1. The smallest absolute Gasteiger partial charge is 0.246 e. The lowest BCUT2D eigenvalue weighted by molar-refractivity contribution is -0.144. The Morgan fingerprint density at radius 2 is 1.48 bits per heavy atom. The number of ether oxygens (including phenoxy) is 5. The molecule has 3 unspecified atom stereocenters. The molecular formula is C51H57BrN4O9S2. The zero-order valence-corrected chi connectivity index (χ0v) is 41.6. The van der Waals surface area contributed by atoms with Gasteiger partial charge in [0.2, 0.25) is 17.7 Å². The summed E-state index contributed by atoms with van der Waals surface area (Å²) in [6, 6.07) is 27.1. The highest BCUT2D eigenvalue weighted by Gasteiger charge is 2.42. The molecule has 6 aromatic rings. The molecule has 13 nitrogen and oxygen atoms in total. The molecule has 0 radical (unpaired) electrons. The van der Waals surface area contributed by atoms with E-state index in [-0.39, 0.29) is 43.4 Å². The summed E-state index contributed by atoms with van der Waals surface area (Å²) < 4.78 is 31.0. The number of likely N-dealkylation sites (tertiary alicyclic amines) is 1. The number of thiophene rings is 1. The Labute approximate surface area is 407 Å². The number of hydrogen-bond donors (Lipinski definition) is 3. The van der Waals surface area contributed by atoms with Crippen molar-refractivity contribution in [3.8, 4) is 43.9 Å². The number of hydrogen-bond acceptors (Lipinski definition) is 12. The van der Waals surface area contributed by atoms with E-state index in [0.29, 0.717) is 57.3 Å². The number of aromatic hydroxyl groups is 1. The van der Waals surface area contributed by atoms with Gasteiger partial charge >= 0.3 is 0 Å². The number of aromatic nitrogens is 1. The Bertz CT molecular complexity index is 2590. The molecule has 1 fully saturated rings. The number of benzene rings is 4. The molecule has 1 saturated heterocycles. The van der Waals surface area contributed by atoms with Gasteiger partial charge in [-0.15, -0.1) is 22.7 Å². The minimum absolute atomic E-state index is 0.183. The Morgan fingerprint density at radius 3 is 2.15 bits per heavy atom. The number of carbonyl (C=O) groups is 3. The third kappa shape index (κ3) is 13.2. The van der Waals surface area contributed by atoms with Crippen LogP contribution < -0.4 is 20.1 Å². The van der Waals surface area contributed by atoms with E-state index < -0.39 is 23.4 Å². The van der Waals surface area contributed by atoms with Gasteiger partial charge in [-0.3, -0.25) is 14.4 Å². The van der Waals surface area contributed by atoms with Crippen molar-refractivity contribution in [1.82, 2.24) is 20.5 Å². The first-order chi connectivity index (χ1) is 32.2. The molecule has 0 aliphatic carbocycles. The summed E-state index contributed by atoms with van der Waals surface area (Å²) in [6.45, 7) is 11.6. The molecule has 16 heteroatoms. The summed E-state index contributed by atoms with van der Waals surface area (Å²) in [5.41, 5.74) is 5.26. The van der Waals surface area contributed by atoms with Crippen molar-refractivity contribution in [3.63, 3.8) is 0 Å². The number of halogens is 1. The van der Waals surface area contributed by atoms with Crippen molar-refractivity contribution in [2.75, 3.05) is 52.8 Å². The number of amides is 3. The Hall–Kier alpha value is -5.36. The van der Waals surface area contributed by atoms with E-state index in [0.717, 1.165) is 52.4 Å². The second-order valence-electron chi connectivity index (χ2n) is 17.3. The van der Waals surface area contributed by atoms with Crippen LogP contribution in [-0.4, -0.2) is 97.6 Å². The van der Waals surface area contributed by atoms with Crippen LogP contribution in [0.15, 0.2) is 101 Å². The summed E-state index contributed by atoms with van der Waals surface area (Å²) in [6.07, 6.45) is 1.24. The van der Waals surface area contributed by atoms with Gasteiger partial charge in [0.15, 0.2) is 5.75 Å². The zero-order chi connectivity index (χ0) is 47.5. The fraction of sp³-hybridized carbons (Fsp3) is 0.373. The number of nitrogens with zero attached hydrogens (tertiary/aromatic N) is 2. The molecule has 0 saturated carbocycles. The van der Waals surface area contributed by atoms with Gasteiger partial charge in [0, 0.05) is 21.1 Å². The highest BCUT2D eigenvalue weighted by atomic mass is 79.9. The average molecular weight is 1010 g/mol. The van der Waals surface area contributed by atoms with E-state index in [2.05, 4.69) is 31.5 Å². The fourth-order valence-electron chi connectivity index (χ4n) is 7.71. The van der Waals surface area contributed by atoms with Gasteiger partial charge in [-0.1, -0.05) is 73.1 Å². The second-order valence-corrected chi connectivity index (χ2v) is 20.1. The molecule has 7 rings (SSSR count). The minimum atomic E-state index is -0.852. The number of fused-ring (bicyclic) bond motifs is 1. The molecule has 3 atom stereocenters. The molecule has 67 heavy (non-hydrogen) atoms. The first-order valence-electron chi connectivity index (χ1n) is 22.3. The molecule has 4 aromatic carbocycles. The summed E-state index contributed by atoms with van der Waals surface area (Å²) in [5.74, 6) is 1.34. The summed E-state index contributed by atoms with van der Waals surface area (Å²) in [7, 11) is 0. The van der Waals surface area contributed by atoms with Crippen LogP contribution >= 0.6 is 38.6 Å². The van der Waals surface area contributed by atoms with Gasteiger partial charge in [0.25, 0.3) is 0 Å². The van der Waals surface area contributed by atoms with E-state index in [1.807, 2.05) is 119 Å². The Balaban J connectivity index is 0.770. The van der Waals surface area contributed by atoms with Gasteiger partial charge in [0.1, 0.15) is 42.5 Å². The van der Waals surface area contributed by atoms with Crippen molar-refractivity contribution < 1.29 is 43.2 Å². The second kappa shape index (κ2) is 23.1. The molecular weight excluding hydrogens is 957 g/mol. The van der Waals surface area contributed by atoms with Gasteiger partial charge in [-0.05, 0) is 103 Å². The number of phenols is 1. The van der Waals surface area contributed by atoms with Gasteiger partial charge in [-0.2, -0.15) is 0 Å². The van der Waals surface area contributed by atoms with E-state index in [4.69, 9.17) is 23.7 Å². The standard InChI is InChI=1S/C51H57BrN4O9S2/c1-32(34-8-10-35(11-9-34)46-33(2)53-31-66-46)54-49(59)42-7-6-22-56(42)50(60)48(51(3,4)5)55-44(58)30-63-26-25-61-23-24-62-27-28-64-39-17-19-40(20-18-39)65-45-41-21-16-38(57)29-43(41)67-47(45)36-12-14-37(52)15-13-36/h8-21,29,31-32,42,48,57H,6-7,22-28,30H2,1-5H3,(H,54,59)(H,55,58). The van der Waals surface area contributed by atoms with Crippen LogP contribution in [0.25, 0.3) is 31.0 Å². The highest BCUT2D eigenvalue weighted by molar-refractivity contribution is 9.10. The lowest BCUT2D eigenvalue weighted by Crippen LogP contribution is -2.58. The SMILES string of the molecule is Cc1ncsc1-c1ccc(C(C)NC(=O)C2CCCN2C(=O)C(NC(=O)COCCOCCOCCOc2ccc(Oc3c(-c4ccc(Br)cc4)sc4cc(O)ccc34)cc2)C(C)(C)C)cc1. The molecule has 1 aliphatic rings. The van der Waals surface area contributed by atoms with Crippen molar-refractivity contribution in [3.05, 3.63) is 112 Å². The topological polar surface area (TPSA) is 158 Å². The number of aryl methyl sites for hydroxylation is 1. The predicted octanol–water partition coefficient (Wildman–Crippen LogP) is 10.1. The van der Waals surface area contributed by atoms with Gasteiger partial charge in [0.05, 0.1) is 60.0 Å². The lowest BCUT2D eigenvalue weighted by atomic mass is 9.85. The maximum atomic E-state index is 14.0. The normalized spacial score (nSPS) is 14.8. The van der Waals surface area contributed by atoms with Crippen LogP contribution in [0.4, 0.5) is 0 Å². The van der Waals surface area contributed by atoms with Crippen molar-refractivity contribution in [2.45, 2.75) is 65.6 Å². The number of nitrogens with one attached hydrogen (secondary N) is 2. The van der Waals surface area contributed by atoms with Crippen LogP contribution in [0.3, 0.4) is 0 Å². The fourth-order valence-corrected chi connectivity index (χ4v) is 9.96. The van der Waals surface area contributed by atoms with E-state index >= 15 is 0 Å². The van der Waals surface area contributed by atoms with E-state index in [1.165, 1.54) is 0 Å². The van der Waals surface area contributed by atoms with Crippen molar-refractivity contribution in [2.24, 2.45) is 5.41 Å². The predicted molar refractivity (Wildman–Crippen MR) is 266 cm³/mol. The maximum absolute atomic E-state index is 14.0. The first kappa shape index (κ1) is 49.5. The quantitative estimate of drug-likeness (QED) is 0.0593. The van der Waals surface area contributed by atoms with Crippen molar-refractivity contribution >= 4 is 66.4 Å².